The zero-order chi connectivity index (χ0) is 12.5. The van der Waals surface area contributed by atoms with E-state index in [0.717, 1.165) is 19.5 Å². The van der Waals surface area contributed by atoms with Crippen molar-refractivity contribution < 1.29 is 4.79 Å². The molecular weight excluding hydrogens is 240 g/mol. The van der Waals surface area contributed by atoms with E-state index in [2.05, 4.69) is 10.6 Å². The van der Waals surface area contributed by atoms with Crippen molar-refractivity contribution in [1.82, 2.24) is 15.5 Å². The predicted molar refractivity (Wildman–Crippen MR) is 66.5 cm³/mol. The van der Waals surface area contributed by atoms with Gasteiger partial charge >= 0.3 is 0 Å². The molecule has 0 aliphatic carbocycles. The van der Waals surface area contributed by atoms with Gasteiger partial charge in [-0.05, 0) is 6.42 Å². The van der Waals surface area contributed by atoms with Crippen LogP contribution in [0.15, 0.2) is 11.8 Å². The minimum Gasteiger partial charge on any atom is -0.390 e. The fourth-order valence-electron chi connectivity index (χ4n) is 1.52. The normalized spacial score (nSPS) is 16.5. The monoisotopic (exact) mass is 256 g/mol. The van der Waals surface area contributed by atoms with Crippen molar-refractivity contribution in [2.24, 2.45) is 0 Å². The van der Waals surface area contributed by atoms with Crippen LogP contribution in [-0.2, 0) is 4.79 Å². The standard InChI is InChI=1S/C11H17ClN4O/c12-2-1-3-15-9-10(8-13)11(17)16-6-4-14-5-7-16/h9,14-15H,1-7H2/b10-9-. The Morgan fingerprint density at radius 2 is 2.24 bits per heavy atom. The number of nitrogens with zero attached hydrogens (tertiary/aromatic N) is 2. The molecule has 0 aromatic carbocycles. The van der Waals surface area contributed by atoms with E-state index < -0.39 is 0 Å². The van der Waals surface area contributed by atoms with E-state index in [1.54, 1.807) is 4.90 Å². The summed E-state index contributed by atoms with van der Waals surface area (Å²) in [7, 11) is 0. The molecule has 5 nitrogen and oxygen atoms in total. The molecule has 1 heterocycles. The van der Waals surface area contributed by atoms with Gasteiger partial charge in [0.15, 0.2) is 0 Å². The first-order valence-corrected chi connectivity index (χ1v) is 6.22. The highest BCUT2D eigenvalue weighted by Crippen LogP contribution is 2.01. The summed E-state index contributed by atoms with van der Waals surface area (Å²) in [5, 5.41) is 15.0. The summed E-state index contributed by atoms with van der Waals surface area (Å²) in [4.78, 5) is 13.6. The van der Waals surface area contributed by atoms with Crippen LogP contribution < -0.4 is 10.6 Å². The molecule has 1 rings (SSSR count). The van der Waals surface area contributed by atoms with Crippen LogP contribution >= 0.6 is 11.6 Å². The summed E-state index contributed by atoms with van der Waals surface area (Å²) >= 11 is 5.53. The zero-order valence-corrected chi connectivity index (χ0v) is 10.5. The number of piperazine rings is 1. The highest BCUT2D eigenvalue weighted by atomic mass is 35.5. The van der Waals surface area contributed by atoms with Gasteiger partial charge in [0.2, 0.25) is 0 Å². The van der Waals surface area contributed by atoms with Crippen molar-refractivity contribution in [3.8, 4) is 6.07 Å². The average Bonchev–Trinajstić information content (AvgIpc) is 2.39. The number of hydrogen-bond donors (Lipinski definition) is 2. The van der Waals surface area contributed by atoms with Crippen LogP contribution in [0.2, 0.25) is 0 Å². The second kappa shape index (κ2) is 7.93. The van der Waals surface area contributed by atoms with Gasteiger partial charge in [-0.15, -0.1) is 11.6 Å². The first-order valence-electron chi connectivity index (χ1n) is 5.69. The molecule has 1 saturated heterocycles. The topological polar surface area (TPSA) is 68.2 Å². The predicted octanol–water partition coefficient (Wildman–Crippen LogP) is 0.0442. The molecule has 0 aromatic heterocycles. The largest absolute Gasteiger partial charge is 0.390 e. The Hall–Kier alpha value is -1.25. The molecule has 1 aliphatic rings. The number of rotatable bonds is 5. The van der Waals surface area contributed by atoms with Gasteiger partial charge < -0.3 is 15.5 Å². The molecule has 1 aliphatic heterocycles. The van der Waals surface area contributed by atoms with Crippen LogP contribution in [0.1, 0.15) is 6.42 Å². The highest BCUT2D eigenvalue weighted by Gasteiger charge is 2.19. The van der Waals surface area contributed by atoms with Crippen LogP contribution in [0.3, 0.4) is 0 Å². The van der Waals surface area contributed by atoms with Gasteiger partial charge in [-0.3, -0.25) is 4.79 Å². The van der Waals surface area contributed by atoms with Crippen LogP contribution in [0.5, 0.6) is 0 Å². The molecule has 1 amide bonds. The fourth-order valence-corrected chi connectivity index (χ4v) is 1.66. The molecule has 6 heteroatoms. The lowest BCUT2D eigenvalue weighted by molar-refractivity contribution is -0.127. The number of alkyl halides is 1. The summed E-state index contributed by atoms with van der Waals surface area (Å²) < 4.78 is 0. The molecule has 0 bridgehead atoms. The number of hydrogen-bond acceptors (Lipinski definition) is 4. The number of nitrogens with one attached hydrogen (secondary N) is 2. The second-order valence-electron chi connectivity index (χ2n) is 3.71. The molecule has 0 radical (unpaired) electrons. The molecule has 0 saturated carbocycles. The number of amides is 1. The van der Waals surface area contributed by atoms with Crippen LogP contribution in [0.25, 0.3) is 0 Å². The summed E-state index contributed by atoms with van der Waals surface area (Å²) in [5.41, 5.74) is 0.154. The summed E-state index contributed by atoms with van der Waals surface area (Å²) in [6.07, 6.45) is 2.29. The van der Waals surface area contributed by atoms with E-state index in [1.807, 2.05) is 6.07 Å². The lowest BCUT2D eigenvalue weighted by atomic mass is 10.2. The van der Waals surface area contributed by atoms with E-state index in [4.69, 9.17) is 16.9 Å². The maximum atomic E-state index is 11.9. The van der Waals surface area contributed by atoms with E-state index in [1.165, 1.54) is 6.20 Å². The first kappa shape index (κ1) is 13.8. The Bertz CT molecular complexity index is 318. The van der Waals surface area contributed by atoms with Gasteiger partial charge in [-0.2, -0.15) is 5.26 Å². The Kier molecular flexibility index (Phi) is 6.45. The minimum atomic E-state index is -0.202. The van der Waals surface area contributed by atoms with E-state index >= 15 is 0 Å². The molecule has 2 N–H and O–H groups in total. The van der Waals surface area contributed by atoms with Crippen LogP contribution in [0.4, 0.5) is 0 Å². The van der Waals surface area contributed by atoms with Gasteiger partial charge in [0.1, 0.15) is 11.6 Å². The van der Waals surface area contributed by atoms with E-state index in [0.29, 0.717) is 25.5 Å². The van der Waals surface area contributed by atoms with Crippen molar-refractivity contribution >= 4 is 17.5 Å². The number of carbonyl (C=O) groups is 1. The van der Waals surface area contributed by atoms with Gasteiger partial charge in [-0.1, -0.05) is 0 Å². The van der Waals surface area contributed by atoms with E-state index in [-0.39, 0.29) is 11.5 Å². The molecule has 1 fully saturated rings. The number of nitriles is 1. The average molecular weight is 257 g/mol. The molecule has 0 atom stereocenters. The Morgan fingerprint density at radius 3 is 2.82 bits per heavy atom. The molecular formula is C11H17ClN4O. The molecule has 17 heavy (non-hydrogen) atoms. The maximum Gasteiger partial charge on any atom is 0.266 e. The van der Waals surface area contributed by atoms with Crippen LogP contribution in [0, 0.1) is 11.3 Å². The van der Waals surface area contributed by atoms with Gasteiger partial charge in [0, 0.05) is 44.8 Å². The first-order chi connectivity index (χ1) is 8.29. The van der Waals surface area contributed by atoms with Crippen molar-refractivity contribution in [3.63, 3.8) is 0 Å². The zero-order valence-electron chi connectivity index (χ0n) is 9.71. The Balaban J connectivity index is 2.48. The fraction of sp³-hybridized carbons (Fsp3) is 0.636. The third kappa shape index (κ3) is 4.63. The van der Waals surface area contributed by atoms with Crippen molar-refractivity contribution in [3.05, 3.63) is 11.8 Å². The van der Waals surface area contributed by atoms with Gasteiger partial charge in [0.25, 0.3) is 5.91 Å². The van der Waals surface area contributed by atoms with Crippen LogP contribution in [-0.4, -0.2) is 49.4 Å². The van der Waals surface area contributed by atoms with Crippen molar-refractivity contribution in [2.45, 2.75) is 6.42 Å². The van der Waals surface area contributed by atoms with Crippen molar-refractivity contribution in [2.75, 3.05) is 38.6 Å². The lowest BCUT2D eigenvalue weighted by Gasteiger charge is -2.27. The smallest absolute Gasteiger partial charge is 0.266 e. The second-order valence-corrected chi connectivity index (χ2v) is 4.09. The SMILES string of the molecule is N#C/C(=C/NCCCCl)C(=O)N1CCNCC1. The van der Waals surface area contributed by atoms with E-state index in [9.17, 15) is 4.79 Å². The molecule has 0 unspecified atom stereocenters. The Morgan fingerprint density at radius 1 is 1.53 bits per heavy atom. The maximum absolute atomic E-state index is 11.9. The summed E-state index contributed by atoms with van der Waals surface area (Å²) in [6.45, 7) is 3.54. The quantitative estimate of drug-likeness (QED) is 0.316. The molecule has 0 aromatic rings. The lowest BCUT2D eigenvalue weighted by Crippen LogP contribution is -2.46. The Labute approximate surface area is 106 Å². The number of halogens is 1. The summed E-state index contributed by atoms with van der Waals surface area (Å²) in [6, 6.07) is 1.93. The summed E-state index contributed by atoms with van der Waals surface area (Å²) in [5.74, 6) is 0.362. The third-order valence-corrected chi connectivity index (χ3v) is 2.72. The van der Waals surface area contributed by atoms with Gasteiger partial charge in [-0.25, -0.2) is 0 Å². The number of carbonyl (C=O) groups excluding carboxylic acids is 1. The molecule has 94 valence electrons. The van der Waals surface area contributed by atoms with Gasteiger partial charge in [0.05, 0.1) is 0 Å². The molecule has 0 spiro atoms. The minimum absolute atomic E-state index is 0.154. The third-order valence-electron chi connectivity index (χ3n) is 2.46. The highest BCUT2D eigenvalue weighted by molar-refractivity contribution is 6.17. The van der Waals surface area contributed by atoms with Crippen molar-refractivity contribution in [1.29, 1.82) is 5.26 Å².